The molecule has 1 unspecified atom stereocenters. The van der Waals surface area contributed by atoms with E-state index in [1.165, 1.54) is 11.1 Å². The molecule has 1 aliphatic carbocycles. The Morgan fingerprint density at radius 2 is 2.04 bits per heavy atom. The second-order valence-corrected chi connectivity index (χ2v) is 5.90. The molecule has 24 heavy (non-hydrogen) atoms. The molecule has 4 nitrogen and oxygen atoms in total. The molecular weight excluding hydrogens is 304 g/mol. The van der Waals surface area contributed by atoms with E-state index >= 15 is 0 Å². The van der Waals surface area contributed by atoms with Gasteiger partial charge in [0, 0.05) is 5.56 Å². The highest BCUT2D eigenvalue weighted by molar-refractivity contribution is 5.50. The monoisotopic (exact) mass is 326 g/mol. The van der Waals surface area contributed by atoms with Gasteiger partial charge in [0.1, 0.15) is 31.0 Å². The van der Waals surface area contributed by atoms with Crippen LogP contribution in [-0.2, 0) is 29.0 Å². The molecule has 0 N–H and O–H groups in total. The van der Waals surface area contributed by atoms with E-state index in [1.807, 2.05) is 30.3 Å². The number of benzene rings is 2. The van der Waals surface area contributed by atoms with Crippen molar-refractivity contribution in [2.24, 2.45) is 0 Å². The zero-order valence-corrected chi connectivity index (χ0v) is 13.9. The Labute approximate surface area is 142 Å². The number of methoxy groups -OCH3 is 1. The van der Waals surface area contributed by atoms with Gasteiger partial charge in [0.05, 0.1) is 13.2 Å². The second kappa shape index (κ2) is 7.97. The van der Waals surface area contributed by atoms with Crippen LogP contribution in [-0.4, -0.2) is 26.1 Å². The van der Waals surface area contributed by atoms with Crippen molar-refractivity contribution in [3.8, 4) is 11.5 Å². The van der Waals surface area contributed by atoms with Gasteiger partial charge in [-0.2, -0.15) is 0 Å². The quantitative estimate of drug-likeness (QED) is 0.732. The number of aldehydes is 1. The predicted molar refractivity (Wildman–Crippen MR) is 91.6 cm³/mol. The first kappa shape index (κ1) is 16.5. The minimum Gasteiger partial charge on any atom is -0.496 e. The molecule has 0 aromatic heterocycles. The van der Waals surface area contributed by atoms with Gasteiger partial charge < -0.3 is 19.0 Å². The third-order valence-electron chi connectivity index (χ3n) is 4.35. The lowest BCUT2D eigenvalue weighted by molar-refractivity contribution is -0.113. The van der Waals surface area contributed by atoms with E-state index in [0.717, 1.165) is 42.6 Å². The molecule has 0 aliphatic heterocycles. The van der Waals surface area contributed by atoms with Gasteiger partial charge in [0.2, 0.25) is 0 Å². The average molecular weight is 326 g/mol. The summed E-state index contributed by atoms with van der Waals surface area (Å²) in [6.45, 7) is 0.661. The second-order valence-electron chi connectivity index (χ2n) is 5.90. The topological polar surface area (TPSA) is 44.8 Å². The highest BCUT2D eigenvalue weighted by Crippen LogP contribution is 2.28. The summed E-state index contributed by atoms with van der Waals surface area (Å²) in [6.07, 6.45) is 3.70. The highest BCUT2D eigenvalue weighted by atomic mass is 16.5. The third-order valence-corrected chi connectivity index (χ3v) is 4.35. The maximum absolute atomic E-state index is 10.4. The van der Waals surface area contributed by atoms with E-state index in [0.29, 0.717) is 6.61 Å². The van der Waals surface area contributed by atoms with Crippen molar-refractivity contribution in [3.05, 3.63) is 59.2 Å². The van der Waals surface area contributed by atoms with Crippen LogP contribution in [0.25, 0.3) is 0 Å². The summed E-state index contributed by atoms with van der Waals surface area (Å²) < 4.78 is 16.8. The molecule has 4 heteroatoms. The molecule has 0 bridgehead atoms. The van der Waals surface area contributed by atoms with Crippen LogP contribution in [0.4, 0.5) is 0 Å². The fourth-order valence-electron chi connectivity index (χ4n) is 3.09. The lowest BCUT2D eigenvalue weighted by Crippen LogP contribution is -2.23. The Kier molecular flexibility index (Phi) is 5.49. The Morgan fingerprint density at radius 1 is 1.17 bits per heavy atom. The van der Waals surface area contributed by atoms with Crippen molar-refractivity contribution in [1.29, 1.82) is 0 Å². The molecule has 2 aromatic carbocycles. The van der Waals surface area contributed by atoms with E-state index in [9.17, 15) is 4.79 Å². The van der Waals surface area contributed by atoms with Crippen molar-refractivity contribution < 1.29 is 19.0 Å². The maximum Gasteiger partial charge on any atom is 0.145 e. The maximum atomic E-state index is 10.4. The van der Waals surface area contributed by atoms with Crippen LogP contribution in [0.2, 0.25) is 0 Å². The summed E-state index contributed by atoms with van der Waals surface area (Å²) in [5.41, 5.74) is 3.61. The van der Waals surface area contributed by atoms with Crippen molar-refractivity contribution in [2.75, 3.05) is 13.7 Å². The number of fused-ring (bicyclic) bond motifs is 1. The van der Waals surface area contributed by atoms with Crippen molar-refractivity contribution in [1.82, 2.24) is 0 Å². The molecule has 0 saturated heterocycles. The number of rotatable bonds is 7. The molecular formula is C20H22O4. The fourth-order valence-corrected chi connectivity index (χ4v) is 3.09. The van der Waals surface area contributed by atoms with Gasteiger partial charge in [-0.3, -0.25) is 0 Å². The first-order valence-corrected chi connectivity index (χ1v) is 8.22. The predicted octanol–water partition coefficient (Wildman–Crippen LogP) is 3.35. The fraction of sp³-hybridized carbons (Fsp3) is 0.350. The molecule has 2 aromatic rings. The van der Waals surface area contributed by atoms with Gasteiger partial charge in [0.15, 0.2) is 0 Å². The Morgan fingerprint density at radius 3 is 2.88 bits per heavy atom. The van der Waals surface area contributed by atoms with E-state index in [4.69, 9.17) is 14.2 Å². The van der Waals surface area contributed by atoms with Gasteiger partial charge in [-0.05, 0) is 48.6 Å². The zero-order valence-electron chi connectivity index (χ0n) is 13.9. The van der Waals surface area contributed by atoms with Gasteiger partial charge in [-0.15, -0.1) is 0 Å². The van der Waals surface area contributed by atoms with E-state index in [1.54, 1.807) is 7.11 Å². The summed E-state index contributed by atoms with van der Waals surface area (Å²) in [5, 5.41) is 0. The molecule has 0 fully saturated rings. The van der Waals surface area contributed by atoms with Crippen LogP contribution in [0.1, 0.15) is 23.1 Å². The molecule has 1 aliphatic rings. The number of hydrogen-bond donors (Lipinski definition) is 0. The number of hydrogen-bond acceptors (Lipinski definition) is 4. The molecule has 0 spiro atoms. The molecule has 0 radical (unpaired) electrons. The van der Waals surface area contributed by atoms with Gasteiger partial charge in [-0.25, -0.2) is 0 Å². The number of ether oxygens (including phenoxy) is 3. The van der Waals surface area contributed by atoms with E-state index in [2.05, 4.69) is 12.1 Å². The minimum atomic E-state index is 0.142. The van der Waals surface area contributed by atoms with Crippen LogP contribution in [0, 0.1) is 0 Å². The largest absolute Gasteiger partial charge is 0.496 e. The number of carbonyl (C=O) groups excluding carboxylic acids is 1. The van der Waals surface area contributed by atoms with Crippen molar-refractivity contribution in [2.45, 2.75) is 32.0 Å². The SMILES string of the molecule is COc1ccccc1COc1ccc2c(c1)CCC(OCC=O)C2. The van der Waals surface area contributed by atoms with Crippen LogP contribution >= 0.6 is 0 Å². The van der Waals surface area contributed by atoms with E-state index in [-0.39, 0.29) is 12.7 Å². The summed E-state index contributed by atoms with van der Waals surface area (Å²) >= 11 is 0. The summed E-state index contributed by atoms with van der Waals surface area (Å²) in [7, 11) is 1.67. The Hall–Kier alpha value is -2.33. The van der Waals surface area contributed by atoms with Crippen LogP contribution < -0.4 is 9.47 Å². The van der Waals surface area contributed by atoms with Gasteiger partial charge in [-0.1, -0.05) is 24.3 Å². The Bertz CT molecular complexity index is 696. The van der Waals surface area contributed by atoms with Crippen molar-refractivity contribution in [3.63, 3.8) is 0 Å². The lowest BCUT2D eigenvalue weighted by Gasteiger charge is -2.24. The standard InChI is InChI=1S/C20H22O4/c1-22-20-5-3-2-4-17(20)14-24-19-9-7-15-12-18(23-11-10-21)8-6-16(15)13-19/h2-5,7,9-10,13,18H,6,8,11-12,14H2,1H3. The molecule has 0 heterocycles. The zero-order chi connectivity index (χ0) is 16.8. The number of aryl methyl sites for hydroxylation is 1. The lowest BCUT2D eigenvalue weighted by atomic mass is 9.89. The smallest absolute Gasteiger partial charge is 0.145 e. The van der Waals surface area contributed by atoms with E-state index < -0.39 is 0 Å². The number of para-hydroxylation sites is 1. The third kappa shape index (κ3) is 3.95. The van der Waals surface area contributed by atoms with Crippen LogP contribution in [0.5, 0.6) is 11.5 Å². The van der Waals surface area contributed by atoms with Gasteiger partial charge in [0.25, 0.3) is 0 Å². The van der Waals surface area contributed by atoms with Crippen molar-refractivity contribution >= 4 is 6.29 Å². The molecule has 0 amide bonds. The first-order chi connectivity index (χ1) is 11.8. The average Bonchev–Trinajstić information content (AvgIpc) is 2.64. The minimum absolute atomic E-state index is 0.142. The summed E-state index contributed by atoms with van der Waals surface area (Å²) in [6, 6.07) is 14.1. The van der Waals surface area contributed by atoms with Crippen LogP contribution in [0.3, 0.4) is 0 Å². The van der Waals surface area contributed by atoms with Crippen LogP contribution in [0.15, 0.2) is 42.5 Å². The molecule has 3 rings (SSSR count). The first-order valence-electron chi connectivity index (χ1n) is 8.22. The number of carbonyl (C=O) groups is 1. The molecule has 0 saturated carbocycles. The highest BCUT2D eigenvalue weighted by Gasteiger charge is 2.19. The van der Waals surface area contributed by atoms with Gasteiger partial charge >= 0.3 is 0 Å². The molecule has 1 atom stereocenters. The summed E-state index contributed by atoms with van der Waals surface area (Å²) in [5.74, 6) is 1.71. The Balaban J connectivity index is 1.63. The normalized spacial score (nSPS) is 16.3. The molecule has 126 valence electrons. The summed E-state index contributed by atoms with van der Waals surface area (Å²) in [4.78, 5) is 10.4.